The Balaban J connectivity index is 1.42. The first-order valence-electron chi connectivity index (χ1n) is 10.5. The quantitative estimate of drug-likeness (QED) is 0.353. The minimum Gasteiger partial charge on any atom is -0.461 e. The number of benzene rings is 2. The van der Waals surface area contributed by atoms with Crippen molar-refractivity contribution in [1.82, 2.24) is 14.5 Å². The minimum absolute atomic E-state index is 0.235. The molecule has 0 N–H and O–H groups in total. The second-order valence-electron chi connectivity index (χ2n) is 8.25. The van der Waals surface area contributed by atoms with Gasteiger partial charge < -0.3 is 9.30 Å². The maximum absolute atomic E-state index is 12.5. The third kappa shape index (κ3) is 4.54. The van der Waals surface area contributed by atoms with Crippen molar-refractivity contribution in [2.24, 2.45) is 0 Å². The lowest BCUT2D eigenvalue weighted by Crippen LogP contribution is -2.08. The van der Waals surface area contributed by atoms with Gasteiger partial charge in [-0.25, -0.2) is 9.97 Å². The summed E-state index contributed by atoms with van der Waals surface area (Å²) in [6.45, 7) is 10.6. The zero-order valence-electron chi connectivity index (χ0n) is 18.6. The average molecular weight is 434 g/mol. The highest BCUT2D eigenvalue weighted by atomic mass is 32.1. The Bertz CT molecular complexity index is 1250. The first kappa shape index (κ1) is 21.2. The third-order valence-corrected chi connectivity index (χ3v) is 6.60. The van der Waals surface area contributed by atoms with Crippen molar-refractivity contribution in [3.8, 4) is 10.6 Å². The number of fused-ring (bicyclic) bond motifs is 1. The summed E-state index contributed by atoms with van der Waals surface area (Å²) in [5.41, 5.74) is 7.37. The minimum atomic E-state index is -0.244. The molecule has 0 aliphatic rings. The molecular weight excluding hydrogens is 406 g/mol. The number of thiazole rings is 1. The summed E-state index contributed by atoms with van der Waals surface area (Å²) in [4.78, 5) is 22.6. The number of imidazole rings is 1. The lowest BCUT2D eigenvalue weighted by molar-refractivity contribution is -0.144. The van der Waals surface area contributed by atoms with E-state index in [9.17, 15) is 4.79 Å². The molecule has 0 radical (unpaired) electrons. The Labute approximate surface area is 186 Å². The van der Waals surface area contributed by atoms with Crippen molar-refractivity contribution in [2.75, 3.05) is 0 Å². The van der Waals surface area contributed by atoms with Gasteiger partial charge in [-0.2, -0.15) is 0 Å². The lowest BCUT2D eigenvalue weighted by atomic mass is 10.1. The van der Waals surface area contributed by atoms with Gasteiger partial charge in [-0.1, -0.05) is 29.8 Å². The third-order valence-electron chi connectivity index (χ3n) is 5.41. The summed E-state index contributed by atoms with van der Waals surface area (Å²) >= 11 is 1.57. The Morgan fingerprint density at radius 2 is 1.94 bits per heavy atom. The predicted molar refractivity (Wildman–Crippen MR) is 125 cm³/mol. The SMILES string of the molecule is Cc1ccc(-c2nc(C)c(CC(=O)OCc3ccc4c(c3)ncn4C(C)C)s2)c(C)c1. The van der Waals surface area contributed by atoms with Gasteiger partial charge in [0.15, 0.2) is 0 Å². The van der Waals surface area contributed by atoms with Crippen molar-refractivity contribution in [1.29, 1.82) is 0 Å². The van der Waals surface area contributed by atoms with E-state index in [2.05, 4.69) is 55.4 Å². The van der Waals surface area contributed by atoms with Crippen LogP contribution in [0.15, 0.2) is 42.7 Å². The normalized spacial score (nSPS) is 11.4. The molecule has 0 saturated carbocycles. The standard InChI is InChI=1S/C25H27N3O2S/c1-15(2)28-14-26-21-11-19(7-9-22(21)28)13-30-24(29)12-23-18(5)27-25(31-23)20-8-6-16(3)10-17(20)4/h6-11,14-15H,12-13H2,1-5H3. The molecule has 2 aromatic carbocycles. The van der Waals surface area contributed by atoms with Crippen LogP contribution in [0.4, 0.5) is 0 Å². The van der Waals surface area contributed by atoms with Gasteiger partial charge in [0, 0.05) is 16.5 Å². The molecule has 0 fully saturated rings. The molecule has 0 aliphatic carbocycles. The molecule has 2 heterocycles. The molecule has 0 bridgehead atoms. The Morgan fingerprint density at radius 3 is 2.68 bits per heavy atom. The van der Waals surface area contributed by atoms with Crippen LogP contribution < -0.4 is 0 Å². The van der Waals surface area contributed by atoms with E-state index in [1.165, 1.54) is 11.1 Å². The fraction of sp³-hybridized carbons (Fsp3) is 0.320. The number of aromatic nitrogens is 3. The monoisotopic (exact) mass is 433 g/mol. The summed E-state index contributed by atoms with van der Waals surface area (Å²) in [5, 5.41) is 0.948. The van der Waals surface area contributed by atoms with Crippen LogP contribution in [0.1, 0.15) is 47.2 Å². The zero-order chi connectivity index (χ0) is 22.1. The van der Waals surface area contributed by atoms with Crippen molar-refractivity contribution >= 4 is 28.3 Å². The van der Waals surface area contributed by atoms with Gasteiger partial charge in [0.1, 0.15) is 11.6 Å². The van der Waals surface area contributed by atoms with E-state index in [-0.39, 0.29) is 19.0 Å². The molecule has 4 rings (SSSR count). The molecular formula is C25H27N3O2S. The smallest absolute Gasteiger partial charge is 0.311 e. The number of hydrogen-bond donors (Lipinski definition) is 0. The van der Waals surface area contributed by atoms with Gasteiger partial charge in [-0.3, -0.25) is 4.79 Å². The molecule has 0 atom stereocenters. The van der Waals surface area contributed by atoms with E-state index < -0.39 is 0 Å². The topological polar surface area (TPSA) is 57.0 Å². The number of carbonyl (C=O) groups is 1. The van der Waals surface area contributed by atoms with E-state index in [0.717, 1.165) is 37.7 Å². The largest absolute Gasteiger partial charge is 0.461 e. The first-order chi connectivity index (χ1) is 14.8. The summed E-state index contributed by atoms with van der Waals surface area (Å²) < 4.78 is 7.68. The maximum atomic E-state index is 12.5. The second-order valence-corrected chi connectivity index (χ2v) is 9.34. The van der Waals surface area contributed by atoms with Gasteiger partial charge in [0.2, 0.25) is 0 Å². The maximum Gasteiger partial charge on any atom is 0.311 e. The van der Waals surface area contributed by atoms with E-state index in [1.807, 2.05) is 31.5 Å². The molecule has 6 heteroatoms. The van der Waals surface area contributed by atoms with Gasteiger partial charge in [0.05, 0.1) is 29.5 Å². The molecule has 4 aromatic rings. The number of ether oxygens (including phenoxy) is 1. The van der Waals surface area contributed by atoms with Gasteiger partial charge >= 0.3 is 5.97 Å². The van der Waals surface area contributed by atoms with Crippen molar-refractivity contribution in [2.45, 2.75) is 53.7 Å². The molecule has 0 saturated heterocycles. The van der Waals surface area contributed by atoms with E-state index >= 15 is 0 Å². The highest BCUT2D eigenvalue weighted by molar-refractivity contribution is 7.15. The van der Waals surface area contributed by atoms with Crippen molar-refractivity contribution in [3.63, 3.8) is 0 Å². The molecule has 5 nitrogen and oxygen atoms in total. The summed E-state index contributed by atoms with van der Waals surface area (Å²) in [6.07, 6.45) is 2.09. The van der Waals surface area contributed by atoms with Crippen LogP contribution in [0, 0.1) is 20.8 Å². The first-order valence-corrected chi connectivity index (χ1v) is 11.3. The zero-order valence-corrected chi connectivity index (χ0v) is 19.4. The average Bonchev–Trinajstić information content (AvgIpc) is 3.29. The number of rotatable bonds is 6. The molecule has 0 spiro atoms. The van der Waals surface area contributed by atoms with Crippen LogP contribution in [0.3, 0.4) is 0 Å². The van der Waals surface area contributed by atoms with Crippen LogP contribution in [0.2, 0.25) is 0 Å². The highest BCUT2D eigenvalue weighted by Gasteiger charge is 2.15. The fourth-order valence-electron chi connectivity index (χ4n) is 3.69. The number of aryl methyl sites for hydroxylation is 3. The second kappa shape index (κ2) is 8.63. The summed E-state index contributed by atoms with van der Waals surface area (Å²) in [5.74, 6) is -0.244. The molecule has 2 aromatic heterocycles. The molecule has 0 amide bonds. The molecule has 0 aliphatic heterocycles. The van der Waals surface area contributed by atoms with E-state index in [1.54, 1.807) is 11.3 Å². The predicted octanol–water partition coefficient (Wildman–Crippen LogP) is 5.95. The van der Waals surface area contributed by atoms with E-state index in [0.29, 0.717) is 6.04 Å². The summed E-state index contributed by atoms with van der Waals surface area (Å²) in [6, 6.07) is 12.7. The van der Waals surface area contributed by atoms with Crippen molar-refractivity contribution < 1.29 is 9.53 Å². The highest BCUT2D eigenvalue weighted by Crippen LogP contribution is 2.31. The fourth-order valence-corrected chi connectivity index (χ4v) is 4.82. The Morgan fingerprint density at radius 1 is 1.13 bits per heavy atom. The number of nitrogens with zero attached hydrogens (tertiary/aromatic N) is 3. The Kier molecular flexibility index (Phi) is 5.92. The molecule has 31 heavy (non-hydrogen) atoms. The lowest BCUT2D eigenvalue weighted by Gasteiger charge is -2.08. The van der Waals surface area contributed by atoms with Crippen LogP contribution >= 0.6 is 11.3 Å². The number of hydrogen-bond acceptors (Lipinski definition) is 5. The van der Waals surface area contributed by atoms with Gasteiger partial charge in [0.25, 0.3) is 0 Å². The van der Waals surface area contributed by atoms with Gasteiger partial charge in [-0.15, -0.1) is 11.3 Å². The van der Waals surface area contributed by atoms with Crippen LogP contribution in [0.25, 0.3) is 21.6 Å². The van der Waals surface area contributed by atoms with Crippen molar-refractivity contribution in [3.05, 3.63) is 70.0 Å². The molecule has 0 unspecified atom stereocenters. The number of esters is 1. The van der Waals surface area contributed by atoms with Crippen LogP contribution in [0.5, 0.6) is 0 Å². The summed E-state index contributed by atoms with van der Waals surface area (Å²) in [7, 11) is 0. The number of carbonyl (C=O) groups excluding carboxylic acids is 1. The van der Waals surface area contributed by atoms with Gasteiger partial charge in [-0.05, 0) is 57.9 Å². The van der Waals surface area contributed by atoms with E-state index in [4.69, 9.17) is 9.72 Å². The van der Waals surface area contributed by atoms with Crippen LogP contribution in [-0.2, 0) is 22.6 Å². The molecule has 160 valence electrons. The van der Waals surface area contributed by atoms with Crippen LogP contribution in [-0.4, -0.2) is 20.5 Å². The Hall–Kier alpha value is -2.99.